The van der Waals surface area contributed by atoms with Crippen molar-refractivity contribution < 1.29 is 0 Å². The van der Waals surface area contributed by atoms with Crippen LogP contribution in [0.15, 0.2) is 12.1 Å². The third kappa shape index (κ3) is 2.32. The van der Waals surface area contributed by atoms with E-state index in [1.165, 1.54) is 0 Å². The van der Waals surface area contributed by atoms with Gasteiger partial charge in [-0.25, -0.2) is 4.98 Å². The van der Waals surface area contributed by atoms with Crippen LogP contribution in [0.5, 0.6) is 0 Å². The molecule has 1 aromatic heterocycles. The summed E-state index contributed by atoms with van der Waals surface area (Å²) in [6.07, 6.45) is 0. The average Bonchev–Trinajstić information content (AvgIpc) is 2.01. The van der Waals surface area contributed by atoms with E-state index in [9.17, 15) is 0 Å². The van der Waals surface area contributed by atoms with Crippen LogP contribution in [0.4, 0.5) is 0 Å². The highest BCUT2D eigenvalue weighted by Gasteiger charge is 2.05. The molecule has 1 aromatic rings. The highest BCUT2D eigenvalue weighted by molar-refractivity contribution is 6.32. The summed E-state index contributed by atoms with van der Waals surface area (Å²) < 4.78 is 0. The van der Waals surface area contributed by atoms with Crippen LogP contribution < -0.4 is 11.5 Å². The number of rotatable bonds is 2. The molecule has 0 spiro atoms. The maximum Gasteiger partial charge on any atom is 0.131 e. The van der Waals surface area contributed by atoms with E-state index in [2.05, 4.69) is 4.98 Å². The molecular weight excluding hydrogens is 197 g/mol. The molecule has 0 radical (unpaired) electrons. The normalized spacial score (nSPS) is 13.0. The molecule has 1 heterocycles. The lowest BCUT2D eigenvalue weighted by molar-refractivity contribution is 0.735. The molecule has 1 atom stereocenters. The largest absolute Gasteiger partial charge is 0.329 e. The van der Waals surface area contributed by atoms with Crippen LogP contribution in [0.25, 0.3) is 0 Å². The van der Waals surface area contributed by atoms with Gasteiger partial charge in [0.25, 0.3) is 0 Å². The summed E-state index contributed by atoms with van der Waals surface area (Å²) in [4.78, 5) is 3.79. The van der Waals surface area contributed by atoms with Gasteiger partial charge < -0.3 is 11.5 Å². The zero-order chi connectivity index (χ0) is 9.14. The lowest BCUT2D eigenvalue weighted by atomic mass is 10.1. The van der Waals surface area contributed by atoms with Gasteiger partial charge in [-0.05, 0) is 17.7 Å². The summed E-state index contributed by atoms with van der Waals surface area (Å²) >= 11 is 11.3. The second kappa shape index (κ2) is 4.05. The second-order valence-electron chi connectivity index (χ2n) is 2.39. The molecule has 0 fully saturated rings. The Morgan fingerprint density at radius 3 is 2.25 bits per heavy atom. The van der Waals surface area contributed by atoms with Crippen molar-refractivity contribution in [1.82, 2.24) is 4.98 Å². The molecule has 4 N–H and O–H groups in total. The Hall–Kier alpha value is -0.350. The molecule has 0 saturated carbocycles. The van der Waals surface area contributed by atoms with E-state index in [-0.39, 0.29) is 6.04 Å². The van der Waals surface area contributed by atoms with Crippen molar-refractivity contribution in [3.8, 4) is 0 Å². The van der Waals surface area contributed by atoms with Crippen molar-refractivity contribution in [2.45, 2.75) is 6.04 Å². The molecule has 0 unspecified atom stereocenters. The van der Waals surface area contributed by atoms with Crippen LogP contribution in [-0.4, -0.2) is 11.5 Å². The van der Waals surface area contributed by atoms with Crippen molar-refractivity contribution >= 4 is 23.2 Å². The molecule has 0 aromatic carbocycles. The van der Waals surface area contributed by atoms with Crippen LogP contribution >= 0.6 is 23.2 Å². The first-order valence-electron chi connectivity index (χ1n) is 3.42. The van der Waals surface area contributed by atoms with Gasteiger partial charge >= 0.3 is 0 Å². The lowest BCUT2D eigenvalue weighted by Crippen LogP contribution is -2.20. The molecule has 0 amide bonds. The lowest BCUT2D eigenvalue weighted by Gasteiger charge is -2.08. The van der Waals surface area contributed by atoms with Crippen molar-refractivity contribution in [2.24, 2.45) is 11.5 Å². The Labute approximate surface area is 80.7 Å². The highest BCUT2D eigenvalue weighted by Crippen LogP contribution is 2.18. The van der Waals surface area contributed by atoms with Gasteiger partial charge in [0, 0.05) is 12.6 Å². The van der Waals surface area contributed by atoms with Crippen LogP contribution in [0.2, 0.25) is 10.3 Å². The minimum absolute atomic E-state index is 0.233. The maximum absolute atomic E-state index is 5.66. The van der Waals surface area contributed by atoms with Gasteiger partial charge in [-0.2, -0.15) is 0 Å². The standard InChI is InChI=1S/C7H9Cl2N3/c8-6-1-4(5(11)3-10)2-7(9)12-6/h1-2,5H,3,10-11H2/t5-/m1/s1. The SMILES string of the molecule is NC[C@@H](N)c1cc(Cl)nc(Cl)c1. The number of nitrogens with zero attached hydrogens (tertiary/aromatic N) is 1. The van der Waals surface area contributed by atoms with E-state index in [0.29, 0.717) is 16.9 Å². The second-order valence-corrected chi connectivity index (χ2v) is 3.16. The fraction of sp³-hybridized carbons (Fsp3) is 0.286. The van der Waals surface area contributed by atoms with E-state index in [4.69, 9.17) is 34.7 Å². The average molecular weight is 206 g/mol. The van der Waals surface area contributed by atoms with E-state index in [1.807, 2.05) is 0 Å². The molecule has 3 nitrogen and oxygen atoms in total. The monoisotopic (exact) mass is 205 g/mol. The Morgan fingerprint density at radius 1 is 1.33 bits per heavy atom. The van der Waals surface area contributed by atoms with Gasteiger partial charge in [-0.1, -0.05) is 23.2 Å². The quantitative estimate of drug-likeness (QED) is 0.717. The molecule has 66 valence electrons. The first-order valence-corrected chi connectivity index (χ1v) is 4.17. The predicted molar refractivity (Wildman–Crippen MR) is 50.2 cm³/mol. The molecule has 12 heavy (non-hydrogen) atoms. The smallest absolute Gasteiger partial charge is 0.131 e. The van der Waals surface area contributed by atoms with Crippen molar-refractivity contribution in [3.63, 3.8) is 0 Å². The van der Waals surface area contributed by atoms with Crippen molar-refractivity contribution in [1.29, 1.82) is 0 Å². The van der Waals surface area contributed by atoms with Gasteiger partial charge in [-0.15, -0.1) is 0 Å². The number of hydrogen-bond acceptors (Lipinski definition) is 3. The molecule has 0 bridgehead atoms. The van der Waals surface area contributed by atoms with Crippen molar-refractivity contribution in [3.05, 3.63) is 28.0 Å². The molecule has 0 aliphatic rings. The summed E-state index contributed by atoms with van der Waals surface area (Å²) in [5.41, 5.74) is 11.8. The summed E-state index contributed by atoms with van der Waals surface area (Å²) in [5.74, 6) is 0. The minimum Gasteiger partial charge on any atom is -0.329 e. The Kier molecular flexibility index (Phi) is 3.29. The van der Waals surface area contributed by atoms with E-state index in [1.54, 1.807) is 12.1 Å². The molecule has 5 heteroatoms. The first-order chi connectivity index (χ1) is 5.63. The summed E-state index contributed by atoms with van der Waals surface area (Å²) in [7, 11) is 0. The maximum atomic E-state index is 5.66. The van der Waals surface area contributed by atoms with Crippen LogP contribution in [0, 0.1) is 0 Å². The third-order valence-electron chi connectivity index (χ3n) is 1.47. The van der Waals surface area contributed by atoms with E-state index < -0.39 is 0 Å². The van der Waals surface area contributed by atoms with Gasteiger partial charge in [0.15, 0.2) is 0 Å². The summed E-state index contributed by atoms with van der Waals surface area (Å²) in [6, 6.07) is 3.08. The molecule has 1 rings (SSSR count). The number of nitrogens with two attached hydrogens (primary N) is 2. The third-order valence-corrected chi connectivity index (χ3v) is 1.85. The van der Waals surface area contributed by atoms with Crippen LogP contribution in [0.1, 0.15) is 11.6 Å². The van der Waals surface area contributed by atoms with Gasteiger partial charge in [-0.3, -0.25) is 0 Å². The summed E-state index contributed by atoms with van der Waals surface area (Å²) in [6.45, 7) is 0.358. The van der Waals surface area contributed by atoms with E-state index >= 15 is 0 Å². The molecule has 0 aliphatic heterocycles. The molecule has 0 saturated heterocycles. The van der Waals surface area contributed by atoms with Gasteiger partial charge in [0.1, 0.15) is 10.3 Å². The Morgan fingerprint density at radius 2 is 1.83 bits per heavy atom. The van der Waals surface area contributed by atoms with Gasteiger partial charge in [0.05, 0.1) is 0 Å². The fourth-order valence-corrected chi connectivity index (χ4v) is 1.31. The number of pyridine rings is 1. The zero-order valence-electron chi connectivity index (χ0n) is 6.30. The fourth-order valence-electron chi connectivity index (χ4n) is 0.833. The van der Waals surface area contributed by atoms with Crippen molar-refractivity contribution in [2.75, 3.05) is 6.54 Å². The first kappa shape index (κ1) is 9.74. The molecular formula is C7H9Cl2N3. The summed E-state index contributed by atoms with van der Waals surface area (Å²) in [5, 5.41) is 0.669. The minimum atomic E-state index is -0.233. The van der Waals surface area contributed by atoms with Crippen LogP contribution in [0.3, 0.4) is 0 Å². The topological polar surface area (TPSA) is 64.9 Å². The molecule has 0 aliphatic carbocycles. The highest BCUT2D eigenvalue weighted by atomic mass is 35.5. The van der Waals surface area contributed by atoms with Gasteiger partial charge in [0.2, 0.25) is 0 Å². The van der Waals surface area contributed by atoms with Crippen LogP contribution in [-0.2, 0) is 0 Å². The Bertz CT molecular complexity index is 257. The predicted octanol–water partition coefficient (Wildman–Crippen LogP) is 1.35. The number of aromatic nitrogens is 1. The van der Waals surface area contributed by atoms with E-state index in [0.717, 1.165) is 5.56 Å². The zero-order valence-corrected chi connectivity index (χ0v) is 7.81. The number of hydrogen-bond donors (Lipinski definition) is 2. The number of halogens is 2. The Balaban J connectivity index is 3.00.